The predicted octanol–water partition coefficient (Wildman–Crippen LogP) is 0.699. The summed E-state index contributed by atoms with van der Waals surface area (Å²) in [7, 11) is -7.91. The molecule has 2 heterocycles. The first-order valence-electron chi connectivity index (χ1n) is 11.1. The van der Waals surface area contributed by atoms with Crippen LogP contribution in [0.3, 0.4) is 0 Å². The van der Waals surface area contributed by atoms with Gasteiger partial charge in [-0.25, -0.2) is 16.8 Å². The second-order valence-corrected chi connectivity index (χ2v) is 12.7. The number of carbonyl (C=O) groups excluding carboxylic acids is 1. The van der Waals surface area contributed by atoms with Crippen molar-refractivity contribution in [2.24, 2.45) is 0 Å². The molecular formula is C23H27N3O7S2. The third kappa shape index (κ3) is 4.96. The standard InChI is InChI=1S/C23H27N3O7S2/c1-34(30,31)19-9-5-6-10-20(19)35(32,33)25-13-11-23(12-14-25)24-18(15-17-7-3-2-4-8-17)22(29)26(23)16-21(27)28/h2-10,18,24H,11-16H2,1H3,(H,27,28). The number of sulfone groups is 1. The lowest BCUT2D eigenvalue weighted by molar-refractivity contribution is -0.147. The molecule has 1 unspecified atom stereocenters. The minimum absolute atomic E-state index is 0.00507. The van der Waals surface area contributed by atoms with Gasteiger partial charge < -0.3 is 10.0 Å². The van der Waals surface area contributed by atoms with Crippen molar-refractivity contribution in [3.05, 3.63) is 60.2 Å². The number of hydrogen-bond donors (Lipinski definition) is 2. The molecule has 0 bridgehead atoms. The highest BCUT2D eigenvalue weighted by Crippen LogP contribution is 2.35. The molecule has 2 aromatic rings. The van der Waals surface area contributed by atoms with Crippen molar-refractivity contribution in [1.29, 1.82) is 0 Å². The highest BCUT2D eigenvalue weighted by atomic mass is 32.2. The number of hydrogen-bond acceptors (Lipinski definition) is 7. The van der Waals surface area contributed by atoms with E-state index >= 15 is 0 Å². The third-order valence-electron chi connectivity index (χ3n) is 6.52. The van der Waals surface area contributed by atoms with E-state index in [0.29, 0.717) is 6.42 Å². The monoisotopic (exact) mass is 521 g/mol. The van der Waals surface area contributed by atoms with Gasteiger partial charge in [0.2, 0.25) is 15.9 Å². The summed E-state index contributed by atoms with van der Waals surface area (Å²) in [4.78, 5) is 25.5. The van der Waals surface area contributed by atoms with Crippen LogP contribution in [0.15, 0.2) is 64.4 Å². The number of carbonyl (C=O) groups is 2. The minimum atomic E-state index is -4.13. The Morgan fingerprint density at radius 1 is 1.00 bits per heavy atom. The van der Waals surface area contributed by atoms with Gasteiger partial charge in [0.15, 0.2) is 9.84 Å². The van der Waals surface area contributed by atoms with Gasteiger partial charge in [-0.05, 0) is 37.0 Å². The quantitative estimate of drug-likeness (QED) is 0.542. The number of aliphatic carboxylic acids is 1. The fourth-order valence-electron chi connectivity index (χ4n) is 4.84. The topological polar surface area (TPSA) is 141 Å². The van der Waals surface area contributed by atoms with Crippen LogP contribution in [0.5, 0.6) is 0 Å². The second kappa shape index (κ2) is 9.34. The summed E-state index contributed by atoms with van der Waals surface area (Å²) in [5, 5.41) is 12.7. The molecule has 1 atom stereocenters. The summed E-state index contributed by atoms with van der Waals surface area (Å²) in [6.45, 7) is -0.509. The predicted molar refractivity (Wildman–Crippen MR) is 127 cm³/mol. The third-order valence-corrected chi connectivity index (χ3v) is 9.76. The highest BCUT2D eigenvalue weighted by molar-refractivity contribution is 7.93. The molecular weight excluding hydrogens is 494 g/mol. The van der Waals surface area contributed by atoms with Gasteiger partial charge in [-0.3, -0.25) is 14.9 Å². The molecule has 10 nitrogen and oxygen atoms in total. The molecule has 2 aliphatic rings. The van der Waals surface area contributed by atoms with Gasteiger partial charge in [0, 0.05) is 19.3 Å². The number of amides is 1. The Balaban J connectivity index is 1.58. The molecule has 2 aromatic carbocycles. The Morgan fingerprint density at radius 2 is 1.57 bits per heavy atom. The summed E-state index contributed by atoms with van der Waals surface area (Å²) in [5.74, 6) is -1.49. The summed E-state index contributed by atoms with van der Waals surface area (Å²) in [6, 6.07) is 14.2. The molecule has 1 spiro atoms. The first kappa shape index (κ1) is 25.3. The number of sulfonamides is 1. The number of nitrogens with one attached hydrogen (secondary N) is 1. The minimum Gasteiger partial charge on any atom is -0.480 e. The lowest BCUT2D eigenvalue weighted by atomic mass is 9.97. The molecule has 4 rings (SSSR count). The zero-order valence-corrected chi connectivity index (χ0v) is 20.8. The lowest BCUT2D eigenvalue weighted by Gasteiger charge is -2.43. The zero-order chi connectivity index (χ0) is 25.4. The molecule has 2 saturated heterocycles. The van der Waals surface area contributed by atoms with Gasteiger partial charge in [-0.15, -0.1) is 0 Å². The molecule has 188 valence electrons. The van der Waals surface area contributed by atoms with Gasteiger partial charge >= 0.3 is 5.97 Å². The Bertz CT molecular complexity index is 1340. The molecule has 0 saturated carbocycles. The Labute approximate surface area is 204 Å². The van der Waals surface area contributed by atoms with Gasteiger partial charge in [-0.2, -0.15) is 4.31 Å². The Morgan fingerprint density at radius 3 is 2.14 bits per heavy atom. The van der Waals surface area contributed by atoms with Gasteiger partial charge in [0.1, 0.15) is 11.4 Å². The largest absolute Gasteiger partial charge is 0.480 e. The van der Waals surface area contributed by atoms with Crippen molar-refractivity contribution in [2.75, 3.05) is 25.9 Å². The number of piperidine rings is 1. The number of benzene rings is 2. The van der Waals surface area contributed by atoms with E-state index in [2.05, 4.69) is 5.32 Å². The van der Waals surface area contributed by atoms with Gasteiger partial charge in [0.05, 0.1) is 16.6 Å². The summed E-state index contributed by atoms with van der Waals surface area (Å²) in [6.07, 6.45) is 1.66. The average molecular weight is 522 g/mol. The summed E-state index contributed by atoms with van der Waals surface area (Å²) in [5.41, 5.74) is -0.0832. The van der Waals surface area contributed by atoms with Crippen LogP contribution < -0.4 is 5.32 Å². The van der Waals surface area contributed by atoms with E-state index in [1.165, 1.54) is 33.5 Å². The molecule has 0 aliphatic carbocycles. The maximum Gasteiger partial charge on any atom is 0.323 e. The molecule has 35 heavy (non-hydrogen) atoms. The van der Waals surface area contributed by atoms with E-state index in [1.807, 2.05) is 30.3 Å². The van der Waals surface area contributed by atoms with Crippen LogP contribution in [0.2, 0.25) is 0 Å². The molecule has 0 aromatic heterocycles. The molecule has 0 radical (unpaired) electrons. The normalized spacial score (nSPS) is 20.9. The summed E-state index contributed by atoms with van der Waals surface area (Å²) >= 11 is 0. The van der Waals surface area contributed by atoms with Crippen molar-refractivity contribution in [3.63, 3.8) is 0 Å². The molecule has 2 aliphatic heterocycles. The van der Waals surface area contributed by atoms with Crippen molar-refractivity contribution in [1.82, 2.24) is 14.5 Å². The van der Waals surface area contributed by atoms with Crippen LogP contribution in [0.4, 0.5) is 0 Å². The van der Waals surface area contributed by atoms with Crippen LogP contribution in [0.1, 0.15) is 18.4 Å². The van der Waals surface area contributed by atoms with E-state index in [9.17, 15) is 31.5 Å². The van der Waals surface area contributed by atoms with Crippen LogP contribution in [-0.4, -0.2) is 80.6 Å². The van der Waals surface area contributed by atoms with E-state index in [4.69, 9.17) is 0 Å². The molecule has 2 N–H and O–H groups in total. The molecule has 12 heteroatoms. The summed E-state index contributed by atoms with van der Waals surface area (Å²) < 4.78 is 52.2. The average Bonchev–Trinajstić information content (AvgIpc) is 3.04. The van der Waals surface area contributed by atoms with E-state index in [-0.39, 0.29) is 41.6 Å². The van der Waals surface area contributed by atoms with E-state index < -0.39 is 44.1 Å². The van der Waals surface area contributed by atoms with Crippen LogP contribution in [-0.2, 0) is 35.9 Å². The smallest absolute Gasteiger partial charge is 0.323 e. The van der Waals surface area contributed by atoms with Crippen molar-refractivity contribution in [3.8, 4) is 0 Å². The molecule has 2 fully saturated rings. The molecule has 1 amide bonds. The number of rotatable bonds is 7. The van der Waals surface area contributed by atoms with Crippen LogP contribution >= 0.6 is 0 Å². The van der Waals surface area contributed by atoms with Gasteiger partial charge in [-0.1, -0.05) is 42.5 Å². The van der Waals surface area contributed by atoms with Crippen molar-refractivity contribution >= 4 is 31.7 Å². The Hall–Kier alpha value is -2.80. The number of nitrogens with zero attached hydrogens (tertiary/aromatic N) is 2. The highest BCUT2D eigenvalue weighted by Gasteiger charge is 2.53. The fourth-order valence-corrected chi connectivity index (χ4v) is 7.88. The van der Waals surface area contributed by atoms with E-state index in [1.54, 1.807) is 0 Å². The fraction of sp³-hybridized carbons (Fsp3) is 0.391. The number of carboxylic acids is 1. The lowest BCUT2D eigenvalue weighted by Crippen LogP contribution is -2.60. The van der Waals surface area contributed by atoms with Crippen molar-refractivity contribution < 1.29 is 31.5 Å². The van der Waals surface area contributed by atoms with Gasteiger partial charge in [0.25, 0.3) is 0 Å². The van der Waals surface area contributed by atoms with E-state index in [0.717, 1.165) is 11.8 Å². The van der Waals surface area contributed by atoms with Crippen LogP contribution in [0.25, 0.3) is 0 Å². The number of carboxylic acid groups (broad SMARTS) is 1. The second-order valence-electron chi connectivity index (χ2n) is 8.86. The zero-order valence-electron chi connectivity index (χ0n) is 19.1. The van der Waals surface area contributed by atoms with Crippen molar-refractivity contribution in [2.45, 2.75) is 40.8 Å². The van der Waals surface area contributed by atoms with Crippen LogP contribution in [0, 0.1) is 0 Å². The maximum absolute atomic E-state index is 13.4. The first-order chi connectivity index (χ1) is 16.4. The Kier molecular flexibility index (Phi) is 6.75. The first-order valence-corrected chi connectivity index (χ1v) is 14.4. The maximum atomic E-state index is 13.4. The SMILES string of the molecule is CS(=O)(=O)c1ccccc1S(=O)(=O)N1CCC2(CC1)NC(Cc1ccccc1)C(=O)N2CC(=O)O.